The molecular formula is C17H33N3OS. The van der Waals surface area contributed by atoms with Gasteiger partial charge >= 0.3 is 0 Å². The zero-order valence-electron chi connectivity index (χ0n) is 14.5. The van der Waals surface area contributed by atoms with Gasteiger partial charge in [-0.3, -0.25) is 4.99 Å². The summed E-state index contributed by atoms with van der Waals surface area (Å²) in [4.78, 5) is 4.88. The number of thioether (sulfide) groups is 1. The molecule has 0 atom stereocenters. The summed E-state index contributed by atoms with van der Waals surface area (Å²) < 4.78 is 5.82. The van der Waals surface area contributed by atoms with Gasteiger partial charge in [0.25, 0.3) is 0 Å². The van der Waals surface area contributed by atoms with E-state index >= 15 is 0 Å². The van der Waals surface area contributed by atoms with Gasteiger partial charge in [-0.05, 0) is 50.7 Å². The maximum atomic E-state index is 5.52. The molecule has 1 heterocycles. The van der Waals surface area contributed by atoms with Crippen molar-refractivity contribution in [3.05, 3.63) is 0 Å². The Morgan fingerprint density at radius 1 is 1.14 bits per heavy atom. The maximum absolute atomic E-state index is 5.52. The molecule has 1 saturated carbocycles. The van der Waals surface area contributed by atoms with Crippen LogP contribution in [0.15, 0.2) is 4.99 Å². The molecule has 2 rings (SSSR count). The van der Waals surface area contributed by atoms with E-state index in [-0.39, 0.29) is 0 Å². The smallest absolute Gasteiger partial charge is 0.191 e. The van der Waals surface area contributed by atoms with Crippen molar-refractivity contribution in [2.45, 2.75) is 57.1 Å². The van der Waals surface area contributed by atoms with Gasteiger partial charge in [0.2, 0.25) is 0 Å². The van der Waals surface area contributed by atoms with Crippen molar-refractivity contribution < 1.29 is 4.74 Å². The third-order valence-corrected chi connectivity index (χ3v) is 6.91. The Balaban J connectivity index is 1.90. The van der Waals surface area contributed by atoms with E-state index in [0.29, 0.717) is 10.2 Å². The van der Waals surface area contributed by atoms with E-state index in [0.717, 1.165) is 51.6 Å². The van der Waals surface area contributed by atoms with E-state index < -0.39 is 0 Å². The highest BCUT2D eigenvalue weighted by Gasteiger charge is 2.35. The van der Waals surface area contributed by atoms with Crippen molar-refractivity contribution in [3.8, 4) is 0 Å². The molecule has 0 amide bonds. The average molecular weight is 328 g/mol. The van der Waals surface area contributed by atoms with E-state index in [1.807, 2.05) is 11.8 Å². The first-order valence-electron chi connectivity index (χ1n) is 8.83. The molecule has 0 aromatic carbocycles. The second kappa shape index (κ2) is 8.44. The number of rotatable bonds is 7. The number of hydrogen-bond acceptors (Lipinski definition) is 3. The minimum atomic E-state index is 0.299. The molecule has 4 nitrogen and oxygen atoms in total. The molecule has 0 spiro atoms. The van der Waals surface area contributed by atoms with Crippen molar-refractivity contribution in [1.29, 1.82) is 0 Å². The lowest BCUT2D eigenvalue weighted by Crippen LogP contribution is -2.48. The molecular weight excluding hydrogens is 294 g/mol. The summed E-state index contributed by atoms with van der Waals surface area (Å²) in [6.07, 6.45) is 9.79. The van der Waals surface area contributed by atoms with Crippen molar-refractivity contribution >= 4 is 17.7 Å². The first kappa shape index (κ1) is 17.9. The van der Waals surface area contributed by atoms with Crippen molar-refractivity contribution in [2.24, 2.45) is 10.4 Å². The van der Waals surface area contributed by atoms with Crippen LogP contribution >= 0.6 is 11.8 Å². The number of aliphatic imine (C=N–C) groups is 1. The second-order valence-electron chi connectivity index (χ2n) is 6.76. The summed E-state index contributed by atoms with van der Waals surface area (Å²) in [6.45, 7) is 9.07. The third-order valence-electron chi connectivity index (χ3n) is 5.50. The summed E-state index contributed by atoms with van der Waals surface area (Å²) in [6, 6.07) is 0. The molecule has 22 heavy (non-hydrogen) atoms. The van der Waals surface area contributed by atoms with Crippen LogP contribution in [0.25, 0.3) is 0 Å². The monoisotopic (exact) mass is 327 g/mol. The van der Waals surface area contributed by atoms with Gasteiger partial charge in [0.1, 0.15) is 0 Å². The number of guanidine groups is 1. The Morgan fingerprint density at radius 2 is 1.86 bits per heavy atom. The van der Waals surface area contributed by atoms with Crippen molar-refractivity contribution in [3.63, 3.8) is 0 Å². The lowest BCUT2D eigenvalue weighted by atomic mass is 9.67. The fraction of sp³-hybridized carbons (Fsp3) is 0.941. The van der Waals surface area contributed by atoms with E-state index in [2.05, 4.69) is 30.7 Å². The van der Waals surface area contributed by atoms with Crippen LogP contribution in [0.2, 0.25) is 0 Å². The SMILES string of the molecule is CCNC(=NCC1(CC)CCC1)NCC1(SC)CCOCC1. The zero-order valence-corrected chi connectivity index (χ0v) is 15.4. The predicted octanol–water partition coefficient (Wildman–Crippen LogP) is 3.03. The molecule has 2 N–H and O–H groups in total. The molecule has 5 heteroatoms. The highest BCUT2D eigenvalue weighted by molar-refractivity contribution is 8.00. The van der Waals surface area contributed by atoms with Crippen LogP contribution in [0.5, 0.6) is 0 Å². The molecule has 2 fully saturated rings. The van der Waals surface area contributed by atoms with Crippen LogP contribution in [0.4, 0.5) is 0 Å². The first-order chi connectivity index (χ1) is 10.7. The molecule has 1 aliphatic heterocycles. The summed E-state index contributed by atoms with van der Waals surface area (Å²) in [5.41, 5.74) is 0.484. The Kier molecular flexibility index (Phi) is 6.87. The summed E-state index contributed by atoms with van der Waals surface area (Å²) in [7, 11) is 0. The minimum Gasteiger partial charge on any atom is -0.381 e. The van der Waals surface area contributed by atoms with E-state index in [1.165, 1.54) is 25.7 Å². The van der Waals surface area contributed by atoms with E-state index in [4.69, 9.17) is 9.73 Å². The number of hydrogen-bond donors (Lipinski definition) is 2. The maximum Gasteiger partial charge on any atom is 0.191 e. The fourth-order valence-corrected chi connectivity index (χ4v) is 4.12. The zero-order chi connectivity index (χ0) is 15.9. The molecule has 1 saturated heterocycles. The molecule has 0 radical (unpaired) electrons. The molecule has 1 aliphatic carbocycles. The lowest BCUT2D eigenvalue weighted by molar-refractivity contribution is 0.0782. The summed E-state index contributed by atoms with van der Waals surface area (Å²) in [5.74, 6) is 0.988. The Labute approximate surface area is 140 Å². The number of nitrogens with one attached hydrogen (secondary N) is 2. The molecule has 2 aliphatic rings. The summed E-state index contributed by atoms with van der Waals surface area (Å²) in [5, 5.41) is 7.00. The Bertz CT molecular complexity index is 357. The lowest BCUT2D eigenvalue weighted by Gasteiger charge is -2.40. The highest BCUT2D eigenvalue weighted by Crippen LogP contribution is 2.43. The van der Waals surface area contributed by atoms with Gasteiger partial charge < -0.3 is 15.4 Å². The molecule has 0 aromatic heterocycles. The van der Waals surface area contributed by atoms with E-state index in [1.54, 1.807) is 0 Å². The van der Waals surface area contributed by atoms with Crippen molar-refractivity contribution in [2.75, 3.05) is 39.1 Å². The first-order valence-corrected chi connectivity index (χ1v) is 10.1. The van der Waals surface area contributed by atoms with Crippen LogP contribution < -0.4 is 10.6 Å². The van der Waals surface area contributed by atoms with Crippen molar-refractivity contribution in [1.82, 2.24) is 10.6 Å². The van der Waals surface area contributed by atoms with Crippen LogP contribution in [-0.2, 0) is 4.74 Å². The quantitative estimate of drug-likeness (QED) is 0.557. The Morgan fingerprint density at radius 3 is 2.36 bits per heavy atom. The molecule has 128 valence electrons. The minimum absolute atomic E-state index is 0.299. The standard InChI is InChI=1S/C17H33N3OS/c1-4-16(7-6-8-16)13-19-15(18-5-2)20-14-17(22-3)9-11-21-12-10-17/h4-14H2,1-3H3,(H2,18,19,20). The second-order valence-corrected chi connectivity index (χ2v) is 8.03. The van der Waals surface area contributed by atoms with Gasteiger partial charge in [0, 0.05) is 37.6 Å². The topological polar surface area (TPSA) is 45.7 Å². The Hall–Kier alpha value is -0.420. The number of nitrogens with zero attached hydrogens (tertiary/aromatic N) is 1. The number of ether oxygens (including phenoxy) is 1. The van der Waals surface area contributed by atoms with Crippen LogP contribution in [-0.4, -0.2) is 49.8 Å². The van der Waals surface area contributed by atoms with Gasteiger partial charge in [0.15, 0.2) is 5.96 Å². The average Bonchev–Trinajstić information content (AvgIpc) is 2.52. The van der Waals surface area contributed by atoms with Gasteiger partial charge in [-0.25, -0.2) is 0 Å². The van der Waals surface area contributed by atoms with Gasteiger partial charge in [-0.1, -0.05) is 13.3 Å². The van der Waals surface area contributed by atoms with Gasteiger partial charge in [-0.15, -0.1) is 0 Å². The molecule has 0 aromatic rings. The van der Waals surface area contributed by atoms with Crippen LogP contribution in [0, 0.1) is 5.41 Å². The summed E-state index contributed by atoms with van der Waals surface area (Å²) >= 11 is 1.97. The fourth-order valence-electron chi connectivity index (χ4n) is 3.33. The van der Waals surface area contributed by atoms with Crippen LogP contribution in [0.1, 0.15) is 52.4 Å². The molecule has 0 bridgehead atoms. The largest absolute Gasteiger partial charge is 0.381 e. The third kappa shape index (κ3) is 4.54. The highest BCUT2D eigenvalue weighted by atomic mass is 32.2. The van der Waals surface area contributed by atoms with E-state index in [9.17, 15) is 0 Å². The van der Waals surface area contributed by atoms with Crippen LogP contribution in [0.3, 0.4) is 0 Å². The molecule has 0 unspecified atom stereocenters. The van der Waals surface area contributed by atoms with Gasteiger partial charge in [-0.2, -0.15) is 11.8 Å². The normalized spacial score (nSPS) is 23.7. The van der Waals surface area contributed by atoms with Gasteiger partial charge in [0.05, 0.1) is 0 Å². The predicted molar refractivity (Wildman–Crippen MR) is 96.9 cm³/mol.